The van der Waals surface area contributed by atoms with E-state index in [0.717, 1.165) is 32.6 Å². The molecule has 0 nitrogen and oxygen atoms in total. The third-order valence-electron chi connectivity index (χ3n) is 8.75. The lowest BCUT2D eigenvalue weighted by Crippen LogP contribution is -2.55. The molecule has 4 fully saturated rings. The number of hydrogen-bond donors (Lipinski definition) is 0. The summed E-state index contributed by atoms with van der Waals surface area (Å²) in [5.41, 5.74) is 9.19. The SMILES string of the molecule is Brc1cc(Br)cc(-c2cccc3c2-c2ccccc2C32C3CC4CC(C3)CC2C4)c1. The van der Waals surface area contributed by atoms with Crippen LogP contribution in [0.5, 0.6) is 0 Å². The summed E-state index contributed by atoms with van der Waals surface area (Å²) in [5.74, 6) is 3.61. The van der Waals surface area contributed by atoms with Gasteiger partial charge in [0, 0.05) is 14.4 Å². The van der Waals surface area contributed by atoms with Crippen molar-refractivity contribution in [2.75, 3.05) is 0 Å². The van der Waals surface area contributed by atoms with Crippen molar-refractivity contribution in [3.8, 4) is 22.3 Å². The molecule has 0 atom stereocenters. The number of hydrogen-bond acceptors (Lipinski definition) is 0. The highest BCUT2D eigenvalue weighted by atomic mass is 79.9. The Morgan fingerprint density at radius 3 is 1.93 bits per heavy atom. The van der Waals surface area contributed by atoms with Gasteiger partial charge in [-0.2, -0.15) is 0 Å². The Kier molecular flexibility index (Phi) is 3.84. The maximum Gasteiger partial charge on any atom is 0.0272 e. The van der Waals surface area contributed by atoms with E-state index in [1.54, 1.807) is 11.1 Å². The van der Waals surface area contributed by atoms with Gasteiger partial charge in [0.2, 0.25) is 0 Å². The first kappa shape index (κ1) is 18.2. The number of rotatable bonds is 1. The Morgan fingerprint density at radius 1 is 0.633 bits per heavy atom. The molecule has 3 aromatic rings. The number of benzene rings is 3. The van der Waals surface area contributed by atoms with Crippen molar-refractivity contribution in [3.05, 3.63) is 80.7 Å². The lowest BCUT2D eigenvalue weighted by molar-refractivity contribution is -0.0399. The van der Waals surface area contributed by atoms with E-state index in [-0.39, 0.29) is 5.41 Å². The van der Waals surface area contributed by atoms with Crippen LogP contribution >= 0.6 is 31.9 Å². The van der Waals surface area contributed by atoms with Crippen LogP contribution in [-0.4, -0.2) is 0 Å². The van der Waals surface area contributed by atoms with Gasteiger partial charge in [-0.15, -0.1) is 0 Å². The van der Waals surface area contributed by atoms with E-state index in [0.29, 0.717) is 0 Å². The number of halogens is 2. The predicted molar refractivity (Wildman–Crippen MR) is 131 cm³/mol. The van der Waals surface area contributed by atoms with E-state index in [1.165, 1.54) is 54.4 Å². The second-order valence-electron chi connectivity index (χ2n) is 10.1. The zero-order valence-electron chi connectivity index (χ0n) is 16.9. The Hall–Kier alpha value is -1.38. The minimum Gasteiger partial charge on any atom is -0.0619 e. The van der Waals surface area contributed by atoms with Crippen molar-refractivity contribution < 1.29 is 0 Å². The van der Waals surface area contributed by atoms with Crippen LogP contribution in [0.2, 0.25) is 0 Å². The summed E-state index contributed by atoms with van der Waals surface area (Å²) < 4.78 is 2.25. The lowest BCUT2D eigenvalue weighted by Gasteiger charge is -2.61. The van der Waals surface area contributed by atoms with Gasteiger partial charge in [-0.3, -0.25) is 0 Å². The zero-order valence-corrected chi connectivity index (χ0v) is 20.0. The Bertz CT molecular complexity index is 1140. The molecule has 0 aliphatic heterocycles. The van der Waals surface area contributed by atoms with Crippen LogP contribution in [-0.2, 0) is 5.41 Å². The second kappa shape index (κ2) is 6.33. The molecule has 0 N–H and O–H groups in total. The summed E-state index contributed by atoms with van der Waals surface area (Å²) in [7, 11) is 0. The summed E-state index contributed by atoms with van der Waals surface area (Å²) in [5, 5.41) is 0. The van der Waals surface area contributed by atoms with Gasteiger partial charge in [0.25, 0.3) is 0 Å². The van der Waals surface area contributed by atoms with Crippen LogP contribution < -0.4 is 0 Å². The van der Waals surface area contributed by atoms with Crippen LogP contribution in [0, 0.1) is 23.7 Å². The molecule has 5 aliphatic carbocycles. The quantitative estimate of drug-likeness (QED) is 0.302. The van der Waals surface area contributed by atoms with Gasteiger partial charge in [-0.05, 0) is 107 Å². The molecular formula is C28H24Br2. The maximum absolute atomic E-state index is 3.71. The Labute approximate surface area is 195 Å². The molecule has 4 saturated carbocycles. The van der Waals surface area contributed by atoms with E-state index in [4.69, 9.17) is 0 Å². The normalized spacial score (nSPS) is 32.5. The van der Waals surface area contributed by atoms with Crippen LogP contribution in [0.25, 0.3) is 22.3 Å². The minimum absolute atomic E-state index is 0.249. The molecule has 0 heterocycles. The van der Waals surface area contributed by atoms with Gasteiger partial charge in [0.05, 0.1) is 0 Å². The largest absolute Gasteiger partial charge is 0.0619 e. The zero-order chi connectivity index (χ0) is 20.0. The molecule has 30 heavy (non-hydrogen) atoms. The van der Waals surface area contributed by atoms with Crippen LogP contribution in [0.1, 0.15) is 43.2 Å². The molecule has 3 aromatic carbocycles. The van der Waals surface area contributed by atoms with Crippen LogP contribution in [0.15, 0.2) is 69.6 Å². The second-order valence-corrected chi connectivity index (χ2v) is 11.9. The van der Waals surface area contributed by atoms with E-state index in [1.807, 2.05) is 0 Å². The van der Waals surface area contributed by atoms with Gasteiger partial charge in [-0.25, -0.2) is 0 Å². The van der Waals surface area contributed by atoms with Crippen molar-refractivity contribution in [3.63, 3.8) is 0 Å². The maximum atomic E-state index is 3.71. The highest BCUT2D eigenvalue weighted by Gasteiger charge is 2.61. The fraction of sp³-hybridized carbons (Fsp3) is 0.357. The summed E-state index contributed by atoms with van der Waals surface area (Å²) in [6.45, 7) is 0. The average Bonchev–Trinajstić information content (AvgIpc) is 3.02. The van der Waals surface area contributed by atoms with Crippen LogP contribution in [0.3, 0.4) is 0 Å². The summed E-state index contributed by atoms with van der Waals surface area (Å²) in [6, 6.07) is 23.2. The van der Waals surface area contributed by atoms with E-state index in [2.05, 4.69) is 92.5 Å². The van der Waals surface area contributed by atoms with Crippen molar-refractivity contribution in [2.24, 2.45) is 23.7 Å². The van der Waals surface area contributed by atoms with Gasteiger partial charge in [-0.1, -0.05) is 74.3 Å². The monoisotopic (exact) mass is 518 g/mol. The molecule has 0 saturated heterocycles. The molecule has 0 amide bonds. The smallest absolute Gasteiger partial charge is 0.0272 e. The van der Waals surface area contributed by atoms with Gasteiger partial charge in [0.15, 0.2) is 0 Å². The molecule has 8 rings (SSSR count). The fourth-order valence-corrected chi connectivity index (χ4v) is 9.44. The third kappa shape index (κ3) is 2.28. The van der Waals surface area contributed by atoms with Crippen molar-refractivity contribution >= 4 is 31.9 Å². The molecule has 5 aliphatic rings. The van der Waals surface area contributed by atoms with Crippen molar-refractivity contribution in [1.29, 1.82) is 0 Å². The van der Waals surface area contributed by atoms with Crippen molar-refractivity contribution in [2.45, 2.75) is 37.5 Å². The fourth-order valence-electron chi connectivity index (χ4n) is 8.15. The van der Waals surface area contributed by atoms with Gasteiger partial charge < -0.3 is 0 Å². The predicted octanol–water partition coefficient (Wildman–Crippen LogP) is 8.60. The van der Waals surface area contributed by atoms with E-state index in [9.17, 15) is 0 Å². The first-order chi connectivity index (χ1) is 14.6. The molecular weight excluding hydrogens is 496 g/mol. The first-order valence-electron chi connectivity index (χ1n) is 11.3. The van der Waals surface area contributed by atoms with Gasteiger partial charge in [0.1, 0.15) is 0 Å². The lowest BCUT2D eigenvalue weighted by atomic mass is 9.43. The Balaban J connectivity index is 1.54. The summed E-state index contributed by atoms with van der Waals surface area (Å²) in [6.07, 6.45) is 7.26. The summed E-state index contributed by atoms with van der Waals surface area (Å²) >= 11 is 7.43. The highest BCUT2D eigenvalue weighted by Crippen LogP contribution is 2.69. The average molecular weight is 520 g/mol. The molecule has 2 heteroatoms. The van der Waals surface area contributed by atoms with Crippen molar-refractivity contribution in [1.82, 2.24) is 0 Å². The standard InChI is InChI=1S/C28H24Br2/c29-21-13-18(14-22(30)15-21)23-5-3-7-26-27(23)24-4-1-2-6-25(24)28(26)19-9-16-8-17(11-19)12-20(28)10-16/h1-7,13-17,19-20H,8-12H2. The van der Waals surface area contributed by atoms with Gasteiger partial charge >= 0.3 is 0 Å². The first-order valence-corrected chi connectivity index (χ1v) is 12.9. The molecule has 1 spiro atoms. The molecule has 4 bridgehead atoms. The van der Waals surface area contributed by atoms with E-state index >= 15 is 0 Å². The topological polar surface area (TPSA) is 0 Å². The van der Waals surface area contributed by atoms with E-state index < -0.39 is 0 Å². The Morgan fingerprint density at radius 2 is 1.23 bits per heavy atom. The van der Waals surface area contributed by atoms with Crippen LogP contribution in [0.4, 0.5) is 0 Å². The molecule has 0 aromatic heterocycles. The third-order valence-corrected chi connectivity index (χ3v) is 9.67. The molecule has 0 unspecified atom stereocenters. The molecule has 0 radical (unpaired) electrons. The molecule has 150 valence electrons. The highest BCUT2D eigenvalue weighted by molar-refractivity contribution is 9.11. The minimum atomic E-state index is 0.249. The number of fused-ring (bicyclic) bond motifs is 3. The summed E-state index contributed by atoms with van der Waals surface area (Å²) in [4.78, 5) is 0.